The number of nitrogens with one attached hydrogen (secondary N) is 1. The minimum atomic E-state index is -0.539. The zero-order chi connectivity index (χ0) is 14.2. The molecular weight excluding hydrogens is 266 g/mol. The number of hydrogen-bond acceptors (Lipinski definition) is 4. The van der Waals surface area contributed by atoms with Crippen LogP contribution in [0.5, 0.6) is 11.5 Å². The molecule has 1 aromatic carbocycles. The van der Waals surface area contributed by atoms with Crippen LogP contribution in [0.15, 0.2) is 24.3 Å². The maximum Gasteiger partial charge on any atom is 0.165 e. The molecule has 2 bridgehead atoms. The van der Waals surface area contributed by atoms with E-state index in [0.29, 0.717) is 12.0 Å². The summed E-state index contributed by atoms with van der Waals surface area (Å²) in [5.74, 6) is 2.06. The van der Waals surface area contributed by atoms with Crippen molar-refractivity contribution < 1.29 is 14.6 Å². The zero-order valence-corrected chi connectivity index (χ0v) is 12.0. The van der Waals surface area contributed by atoms with Gasteiger partial charge in [-0.15, -0.1) is 0 Å². The molecule has 1 aromatic rings. The van der Waals surface area contributed by atoms with Crippen LogP contribution in [0.4, 0.5) is 0 Å². The Morgan fingerprint density at radius 2 is 2.29 bits per heavy atom. The van der Waals surface area contributed by atoms with E-state index >= 15 is 0 Å². The van der Waals surface area contributed by atoms with Crippen LogP contribution in [-0.2, 0) is 11.8 Å². The van der Waals surface area contributed by atoms with Crippen molar-refractivity contribution >= 4 is 0 Å². The van der Waals surface area contributed by atoms with Gasteiger partial charge in [-0.2, -0.15) is 0 Å². The van der Waals surface area contributed by atoms with Crippen molar-refractivity contribution in [1.82, 2.24) is 5.32 Å². The van der Waals surface area contributed by atoms with Crippen LogP contribution in [0.3, 0.4) is 0 Å². The summed E-state index contributed by atoms with van der Waals surface area (Å²) in [6.45, 7) is 0.984. The lowest BCUT2D eigenvalue weighted by Gasteiger charge is -2.53. The summed E-state index contributed by atoms with van der Waals surface area (Å²) in [7, 11) is 1.68. The standard InChI is InChI=1S/C17H19NO3/c1-20-13-5-2-9-8-11-10-3-4-12(19)16-17(10,6-7-18-11)14(9)15(13)21-16/h2-5,10-12,16,18-19H,6-8H2,1H3/t10?,11-,12?,16+,17+/m1/s1. The second-order valence-corrected chi connectivity index (χ2v) is 6.63. The number of methoxy groups -OCH3 is 1. The summed E-state index contributed by atoms with van der Waals surface area (Å²) in [5.41, 5.74) is 2.57. The Hall–Kier alpha value is -1.52. The molecule has 2 heterocycles. The number of ether oxygens (including phenoxy) is 2. The molecule has 5 atom stereocenters. The molecule has 2 N–H and O–H groups in total. The van der Waals surface area contributed by atoms with Crippen LogP contribution >= 0.6 is 0 Å². The Morgan fingerprint density at radius 3 is 3.14 bits per heavy atom. The average Bonchev–Trinajstić information content (AvgIpc) is 2.83. The molecule has 1 spiro atoms. The van der Waals surface area contributed by atoms with Gasteiger partial charge in [0.1, 0.15) is 12.2 Å². The second kappa shape index (κ2) is 3.81. The van der Waals surface area contributed by atoms with Gasteiger partial charge in [0.05, 0.1) is 7.11 Å². The third-order valence-corrected chi connectivity index (χ3v) is 5.88. The van der Waals surface area contributed by atoms with E-state index in [9.17, 15) is 5.11 Å². The van der Waals surface area contributed by atoms with Crippen molar-refractivity contribution in [3.05, 3.63) is 35.4 Å². The molecule has 0 radical (unpaired) electrons. The Bertz CT molecular complexity index is 656. The van der Waals surface area contributed by atoms with E-state index in [2.05, 4.69) is 17.5 Å². The molecule has 0 aromatic heterocycles. The molecule has 110 valence electrons. The van der Waals surface area contributed by atoms with Gasteiger partial charge in [-0.3, -0.25) is 0 Å². The monoisotopic (exact) mass is 285 g/mol. The van der Waals surface area contributed by atoms with Crippen LogP contribution in [0, 0.1) is 5.92 Å². The first kappa shape index (κ1) is 12.1. The fourth-order valence-electron chi connectivity index (χ4n) is 5.13. The second-order valence-electron chi connectivity index (χ2n) is 6.63. The number of rotatable bonds is 1. The van der Waals surface area contributed by atoms with Crippen molar-refractivity contribution in [3.63, 3.8) is 0 Å². The highest BCUT2D eigenvalue weighted by molar-refractivity contribution is 5.62. The molecule has 0 amide bonds. The first-order valence-electron chi connectivity index (χ1n) is 7.72. The third-order valence-electron chi connectivity index (χ3n) is 5.88. The molecule has 1 saturated heterocycles. The molecule has 4 nitrogen and oxygen atoms in total. The largest absolute Gasteiger partial charge is 0.493 e. The lowest BCUT2D eigenvalue weighted by molar-refractivity contribution is -0.0177. The van der Waals surface area contributed by atoms with Crippen molar-refractivity contribution in [2.45, 2.75) is 36.5 Å². The fourth-order valence-corrected chi connectivity index (χ4v) is 5.13. The first-order valence-corrected chi connectivity index (χ1v) is 7.72. The summed E-state index contributed by atoms with van der Waals surface area (Å²) in [6.07, 6.45) is 5.43. The molecule has 4 aliphatic rings. The SMILES string of the molecule is COc1ccc2c3c1O[C@H]1C(O)C=CC4[C@@H](C2)NCC[C@@]341. The number of benzene rings is 1. The summed E-state index contributed by atoms with van der Waals surface area (Å²) in [4.78, 5) is 0. The molecule has 2 unspecified atom stereocenters. The maximum atomic E-state index is 10.5. The quantitative estimate of drug-likeness (QED) is 0.760. The maximum absolute atomic E-state index is 10.5. The normalized spacial score (nSPS) is 41.4. The first-order chi connectivity index (χ1) is 10.3. The topological polar surface area (TPSA) is 50.7 Å². The van der Waals surface area contributed by atoms with Crippen LogP contribution in [0.2, 0.25) is 0 Å². The predicted molar refractivity (Wildman–Crippen MR) is 77.8 cm³/mol. The van der Waals surface area contributed by atoms with Crippen molar-refractivity contribution in [2.24, 2.45) is 5.92 Å². The van der Waals surface area contributed by atoms with Gasteiger partial charge in [-0.25, -0.2) is 0 Å². The van der Waals surface area contributed by atoms with Crippen molar-refractivity contribution in [3.8, 4) is 11.5 Å². The minimum absolute atomic E-state index is 0.0818. The van der Waals surface area contributed by atoms with Gasteiger partial charge in [0.25, 0.3) is 0 Å². The van der Waals surface area contributed by atoms with Gasteiger partial charge in [0.2, 0.25) is 0 Å². The van der Waals surface area contributed by atoms with E-state index in [4.69, 9.17) is 9.47 Å². The van der Waals surface area contributed by atoms with E-state index in [0.717, 1.165) is 30.9 Å². The Balaban J connectivity index is 1.84. The fraction of sp³-hybridized carbons (Fsp3) is 0.529. The summed E-state index contributed by atoms with van der Waals surface area (Å²) >= 11 is 0. The predicted octanol–water partition coefficient (Wildman–Crippen LogP) is 1.16. The van der Waals surface area contributed by atoms with E-state index in [1.54, 1.807) is 7.11 Å². The van der Waals surface area contributed by atoms with E-state index in [1.165, 1.54) is 11.1 Å². The highest BCUT2D eigenvalue weighted by Crippen LogP contribution is 2.61. The summed E-state index contributed by atoms with van der Waals surface area (Å²) in [6, 6.07) is 4.62. The molecule has 4 heteroatoms. The molecule has 5 rings (SSSR count). The van der Waals surface area contributed by atoms with Gasteiger partial charge in [-0.1, -0.05) is 18.2 Å². The minimum Gasteiger partial charge on any atom is -0.493 e. The van der Waals surface area contributed by atoms with Crippen molar-refractivity contribution in [2.75, 3.05) is 13.7 Å². The van der Waals surface area contributed by atoms with E-state index < -0.39 is 6.10 Å². The van der Waals surface area contributed by atoms with E-state index in [1.807, 2.05) is 12.1 Å². The van der Waals surface area contributed by atoms with Gasteiger partial charge in [0, 0.05) is 22.9 Å². The van der Waals surface area contributed by atoms with Crippen LogP contribution < -0.4 is 14.8 Å². The molecule has 21 heavy (non-hydrogen) atoms. The van der Waals surface area contributed by atoms with E-state index in [-0.39, 0.29) is 11.5 Å². The number of piperidine rings is 1. The molecule has 1 fully saturated rings. The smallest absolute Gasteiger partial charge is 0.165 e. The molecular formula is C17H19NO3. The lowest BCUT2D eigenvalue weighted by atomic mass is 9.54. The van der Waals surface area contributed by atoms with Gasteiger partial charge >= 0.3 is 0 Å². The van der Waals surface area contributed by atoms with Crippen molar-refractivity contribution in [1.29, 1.82) is 0 Å². The van der Waals surface area contributed by atoms with Crippen LogP contribution in [-0.4, -0.2) is 37.0 Å². The highest BCUT2D eigenvalue weighted by atomic mass is 16.5. The Morgan fingerprint density at radius 1 is 1.38 bits per heavy atom. The third kappa shape index (κ3) is 1.25. The average molecular weight is 285 g/mol. The number of aliphatic hydroxyl groups is 1. The Kier molecular flexibility index (Phi) is 2.19. The molecule has 0 saturated carbocycles. The van der Waals surface area contributed by atoms with Gasteiger partial charge in [0.15, 0.2) is 11.5 Å². The zero-order valence-electron chi connectivity index (χ0n) is 12.0. The van der Waals surface area contributed by atoms with Crippen LogP contribution in [0.1, 0.15) is 17.5 Å². The van der Waals surface area contributed by atoms with Gasteiger partial charge in [-0.05, 0) is 31.0 Å². The van der Waals surface area contributed by atoms with Gasteiger partial charge < -0.3 is 19.9 Å². The summed E-state index contributed by atoms with van der Waals surface area (Å²) < 4.78 is 11.8. The van der Waals surface area contributed by atoms with Crippen LogP contribution in [0.25, 0.3) is 0 Å². The molecule has 2 aliphatic carbocycles. The number of hydrogen-bond donors (Lipinski definition) is 2. The lowest BCUT2D eigenvalue weighted by Crippen LogP contribution is -2.64. The highest BCUT2D eigenvalue weighted by Gasteiger charge is 2.63. The molecule has 2 aliphatic heterocycles. The Labute approximate surface area is 123 Å². The summed E-state index contributed by atoms with van der Waals surface area (Å²) in [5, 5.41) is 14.1. The number of aliphatic hydroxyl groups excluding tert-OH is 1.